The molecule has 0 bridgehead atoms. The zero-order valence-corrected chi connectivity index (χ0v) is 14.7. The minimum absolute atomic E-state index is 0.107. The summed E-state index contributed by atoms with van der Waals surface area (Å²) in [5.41, 5.74) is 2.22. The van der Waals surface area contributed by atoms with Crippen molar-refractivity contribution in [1.29, 1.82) is 0 Å². The van der Waals surface area contributed by atoms with Crippen molar-refractivity contribution >= 4 is 17.6 Å². The Labute approximate surface area is 152 Å². The number of carbonyl (C=O) groups excluding carboxylic acids is 2. The molecule has 1 heterocycles. The fraction of sp³-hybridized carbons (Fsp3) is 0.300. The number of likely N-dealkylation sites (tertiary alicyclic amines) is 1. The predicted octanol–water partition coefficient (Wildman–Crippen LogP) is 3.45. The quantitative estimate of drug-likeness (QED) is 0.882. The van der Waals surface area contributed by atoms with Gasteiger partial charge in [0.2, 0.25) is 5.91 Å². The van der Waals surface area contributed by atoms with Crippen LogP contribution in [0.1, 0.15) is 24.0 Å². The zero-order chi connectivity index (χ0) is 18.5. The Morgan fingerprint density at radius 3 is 2.62 bits per heavy atom. The second-order valence-corrected chi connectivity index (χ2v) is 6.46. The third-order valence-corrected chi connectivity index (χ3v) is 4.53. The minimum atomic E-state index is -0.535. The van der Waals surface area contributed by atoms with Crippen molar-refractivity contribution in [2.24, 2.45) is 0 Å². The lowest BCUT2D eigenvalue weighted by Gasteiger charge is -2.24. The number of hydrogen-bond donors (Lipinski definition) is 2. The van der Waals surface area contributed by atoms with Crippen LogP contribution in [-0.2, 0) is 11.3 Å². The maximum atomic E-state index is 13.7. The van der Waals surface area contributed by atoms with E-state index >= 15 is 0 Å². The molecule has 1 aliphatic rings. The third-order valence-electron chi connectivity index (χ3n) is 4.53. The summed E-state index contributed by atoms with van der Waals surface area (Å²) in [7, 11) is 0. The molecule has 0 aromatic heterocycles. The minimum Gasteiger partial charge on any atom is -0.350 e. The van der Waals surface area contributed by atoms with Crippen LogP contribution in [0, 0.1) is 12.7 Å². The SMILES string of the molecule is Cc1ccc(NC(=O)N2CCCC2C(=O)NCc2ccccc2F)cc1. The second kappa shape index (κ2) is 7.99. The molecule has 0 aliphatic carbocycles. The van der Waals surface area contributed by atoms with Crippen LogP contribution in [-0.4, -0.2) is 29.4 Å². The normalized spacial score (nSPS) is 16.4. The van der Waals surface area contributed by atoms with Crippen LogP contribution in [0.2, 0.25) is 0 Å². The van der Waals surface area contributed by atoms with Crippen molar-refractivity contribution < 1.29 is 14.0 Å². The van der Waals surface area contributed by atoms with E-state index in [1.807, 2.05) is 31.2 Å². The van der Waals surface area contributed by atoms with Gasteiger partial charge in [-0.1, -0.05) is 35.9 Å². The van der Waals surface area contributed by atoms with Gasteiger partial charge in [-0.25, -0.2) is 9.18 Å². The van der Waals surface area contributed by atoms with Crippen LogP contribution < -0.4 is 10.6 Å². The van der Waals surface area contributed by atoms with Gasteiger partial charge >= 0.3 is 6.03 Å². The molecule has 1 saturated heterocycles. The molecule has 3 amide bonds. The largest absolute Gasteiger partial charge is 0.350 e. The van der Waals surface area contributed by atoms with E-state index in [0.29, 0.717) is 24.2 Å². The number of benzene rings is 2. The van der Waals surface area contributed by atoms with E-state index in [-0.39, 0.29) is 24.3 Å². The van der Waals surface area contributed by atoms with Gasteiger partial charge in [-0.2, -0.15) is 0 Å². The molecule has 26 heavy (non-hydrogen) atoms. The van der Waals surface area contributed by atoms with Crippen molar-refractivity contribution in [1.82, 2.24) is 10.2 Å². The molecule has 1 unspecified atom stereocenters. The van der Waals surface area contributed by atoms with Crippen LogP contribution in [0.5, 0.6) is 0 Å². The fourth-order valence-corrected chi connectivity index (χ4v) is 3.06. The topological polar surface area (TPSA) is 61.4 Å². The molecule has 2 aromatic carbocycles. The number of amides is 3. The van der Waals surface area contributed by atoms with Crippen molar-refractivity contribution in [3.05, 3.63) is 65.5 Å². The molecule has 1 aliphatic heterocycles. The summed E-state index contributed by atoms with van der Waals surface area (Å²) in [6.45, 7) is 2.60. The van der Waals surface area contributed by atoms with E-state index < -0.39 is 6.04 Å². The summed E-state index contributed by atoms with van der Waals surface area (Å²) in [4.78, 5) is 26.5. The molecule has 1 atom stereocenters. The monoisotopic (exact) mass is 355 g/mol. The maximum absolute atomic E-state index is 13.7. The van der Waals surface area contributed by atoms with Gasteiger partial charge in [0.15, 0.2) is 0 Å². The van der Waals surface area contributed by atoms with E-state index in [9.17, 15) is 14.0 Å². The van der Waals surface area contributed by atoms with Gasteiger partial charge in [0.05, 0.1) is 0 Å². The van der Waals surface area contributed by atoms with E-state index in [1.165, 1.54) is 11.0 Å². The molecule has 1 fully saturated rings. The lowest BCUT2D eigenvalue weighted by molar-refractivity contribution is -0.124. The van der Waals surface area contributed by atoms with Crippen LogP contribution in [0.15, 0.2) is 48.5 Å². The van der Waals surface area contributed by atoms with E-state index in [1.54, 1.807) is 18.2 Å². The van der Waals surface area contributed by atoms with Gasteiger partial charge in [-0.3, -0.25) is 4.79 Å². The zero-order valence-electron chi connectivity index (χ0n) is 14.7. The highest BCUT2D eigenvalue weighted by Crippen LogP contribution is 2.20. The molecule has 0 spiro atoms. The first-order valence-electron chi connectivity index (χ1n) is 8.70. The highest BCUT2D eigenvalue weighted by Gasteiger charge is 2.34. The molecular weight excluding hydrogens is 333 g/mol. The molecule has 136 valence electrons. The first-order chi connectivity index (χ1) is 12.5. The maximum Gasteiger partial charge on any atom is 0.322 e. The average Bonchev–Trinajstić information content (AvgIpc) is 3.13. The first-order valence-corrected chi connectivity index (χ1v) is 8.70. The van der Waals surface area contributed by atoms with Crippen molar-refractivity contribution in [3.63, 3.8) is 0 Å². The number of rotatable bonds is 4. The average molecular weight is 355 g/mol. The summed E-state index contributed by atoms with van der Waals surface area (Å²) in [6, 6.07) is 13.0. The second-order valence-electron chi connectivity index (χ2n) is 6.46. The first kappa shape index (κ1) is 17.9. The van der Waals surface area contributed by atoms with Gasteiger partial charge in [0.1, 0.15) is 11.9 Å². The molecule has 3 rings (SSSR count). The molecule has 2 N–H and O–H groups in total. The Balaban J connectivity index is 1.59. The Bertz CT molecular complexity index is 792. The van der Waals surface area contributed by atoms with Crippen molar-refractivity contribution in [2.45, 2.75) is 32.4 Å². The van der Waals surface area contributed by atoms with E-state index in [2.05, 4.69) is 10.6 Å². The smallest absolute Gasteiger partial charge is 0.322 e. The van der Waals surface area contributed by atoms with Crippen LogP contribution in [0.3, 0.4) is 0 Å². The Kier molecular flexibility index (Phi) is 5.51. The van der Waals surface area contributed by atoms with Crippen LogP contribution >= 0.6 is 0 Å². The number of nitrogens with one attached hydrogen (secondary N) is 2. The molecule has 0 radical (unpaired) electrons. The number of carbonyl (C=O) groups is 2. The summed E-state index contributed by atoms with van der Waals surface area (Å²) in [5.74, 6) is -0.613. The Morgan fingerprint density at radius 2 is 1.88 bits per heavy atom. The summed E-state index contributed by atoms with van der Waals surface area (Å²) < 4.78 is 13.7. The summed E-state index contributed by atoms with van der Waals surface area (Å²) in [5, 5.41) is 5.56. The summed E-state index contributed by atoms with van der Waals surface area (Å²) >= 11 is 0. The standard InChI is InChI=1S/C20H22FN3O2/c1-14-8-10-16(11-9-14)23-20(26)24-12-4-7-18(24)19(25)22-13-15-5-2-3-6-17(15)21/h2-3,5-6,8-11,18H,4,7,12-13H2,1H3,(H,22,25)(H,23,26). The van der Waals surface area contributed by atoms with Crippen molar-refractivity contribution in [2.75, 3.05) is 11.9 Å². The molecule has 2 aromatic rings. The number of halogens is 1. The van der Waals surface area contributed by atoms with Crippen LogP contribution in [0.4, 0.5) is 14.9 Å². The van der Waals surface area contributed by atoms with E-state index in [0.717, 1.165) is 12.0 Å². The predicted molar refractivity (Wildman–Crippen MR) is 98.2 cm³/mol. The number of nitrogens with zero attached hydrogens (tertiary/aromatic N) is 1. The molecule has 5 nitrogen and oxygen atoms in total. The molecular formula is C20H22FN3O2. The van der Waals surface area contributed by atoms with E-state index in [4.69, 9.17) is 0 Å². The third kappa shape index (κ3) is 4.20. The lowest BCUT2D eigenvalue weighted by Crippen LogP contribution is -2.47. The highest BCUT2D eigenvalue weighted by molar-refractivity contribution is 5.94. The Hall–Kier alpha value is -2.89. The number of urea groups is 1. The van der Waals surface area contributed by atoms with Crippen molar-refractivity contribution in [3.8, 4) is 0 Å². The van der Waals surface area contributed by atoms with Gasteiger partial charge < -0.3 is 15.5 Å². The summed E-state index contributed by atoms with van der Waals surface area (Å²) in [6.07, 6.45) is 1.36. The van der Waals surface area contributed by atoms with Gasteiger partial charge in [0, 0.05) is 24.3 Å². The molecule has 6 heteroatoms. The fourth-order valence-electron chi connectivity index (χ4n) is 3.06. The number of hydrogen-bond acceptors (Lipinski definition) is 2. The lowest BCUT2D eigenvalue weighted by atomic mass is 10.2. The highest BCUT2D eigenvalue weighted by atomic mass is 19.1. The van der Waals surface area contributed by atoms with Gasteiger partial charge in [-0.15, -0.1) is 0 Å². The van der Waals surface area contributed by atoms with Gasteiger partial charge in [0.25, 0.3) is 0 Å². The Morgan fingerprint density at radius 1 is 1.15 bits per heavy atom. The van der Waals surface area contributed by atoms with Gasteiger partial charge in [-0.05, 0) is 38.0 Å². The number of anilines is 1. The van der Waals surface area contributed by atoms with Crippen LogP contribution in [0.25, 0.3) is 0 Å². The molecule has 0 saturated carbocycles. The number of aryl methyl sites for hydroxylation is 1.